The average Bonchev–Trinajstić information content (AvgIpc) is 2.81. The van der Waals surface area contributed by atoms with Crippen LogP contribution in [0.1, 0.15) is 18.3 Å². The van der Waals surface area contributed by atoms with Gasteiger partial charge in [-0.05, 0) is 26.0 Å². The maximum atomic E-state index is 13.5. The minimum Gasteiger partial charge on any atom is -0.334 e. The Kier molecular flexibility index (Phi) is 3.95. The van der Waals surface area contributed by atoms with Crippen molar-refractivity contribution in [3.8, 4) is 6.07 Å². The smallest absolute Gasteiger partial charge is 0.280 e. The van der Waals surface area contributed by atoms with E-state index in [-0.39, 0.29) is 16.3 Å². The van der Waals surface area contributed by atoms with E-state index in [1.54, 1.807) is 17.6 Å². The topological polar surface area (TPSA) is 87.8 Å². The molecule has 110 valence electrons. The van der Waals surface area contributed by atoms with E-state index in [1.807, 2.05) is 6.92 Å². The first kappa shape index (κ1) is 15.0. The quantitative estimate of drug-likeness (QED) is 0.936. The number of aryl methyl sites for hydroxylation is 2. The Labute approximate surface area is 121 Å². The lowest BCUT2D eigenvalue weighted by atomic mass is 10.2. The summed E-state index contributed by atoms with van der Waals surface area (Å²) in [4.78, 5) is 3.96. The van der Waals surface area contributed by atoms with Gasteiger partial charge in [-0.2, -0.15) is 13.7 Å². The Balaban J connectivity index is 2.43. The van der Waals surface area contributed by atoms with Gasteiger partial charge in [0.1, 0.15) is 23.3 Å². The number of nitrogens with one attached hydrogen (secondary N) is 1. The number of rotatable bonds is 4. The van der Waals surface area contributed by atoms with Gasteiger partial charge in [-0.1, -0.05) is 6.07 Å². The average molecular weight is 308 g/mol. The molecule has 0 aliphatic carbocycles. The largest absolute Gasteiger partial charge is 0.334 e. The fourth-order valence-corrected chi connectivity index (χ4v) is 2.93. The van der Waals surface area contributed by atoms with Crippen LogP contribution in [0.4, 0.5) is 10.1 Å². The highest BCUT2D eigenvalue weighted by molar-refractivity contribution is 7.92. The van der Waals surface area contributed by atoms with Crippen molar-refractivity contribution in [1.82, 2.24) is 9.55 Å². The first-order valence-corrected chi connectivity index (χ1v) is 7.62. The molecule has 2 rings (SSSR count). The number of benzene rings is 1. The zero-order chi connectivity index (χ0) is 15.6. The second kappa shape index (κ2) is 5.54. The van der Waals surface area contributed by atoms with Gasteiger partial charge in [-0.15, -0.1) is 0 Å². The van der Waals surface area contributed by atoms with Crippen LogP contribution in [0, 0.1) is 24.1 Å². The highest BCUT2D eigenvalue weighted by atomic mass is 32.2. The number of sulfonamides is 1. The van der Waals surface area contributed by atoms with E-state index in [2.05, 4.69) is 9.71 Å². The van der Waals surface area contributed by atoms with Gasteiger partial charge in [0.2, 0.25) is 0 Å². The third-order valence-electron chi connectivity index (χ3n) is 2.94. The summed E-state index contributed by atoms with van der Waals surface area (Å²) in [7, 11) is -3.97. The summed E-state index contributed by atoms with van der Waals surface area (Å²) >= 11 is 0. The molecule has 0 spiro atoms. The van der Waals surface area contributed by atoms with Crippen molar-refractivity contribution < 1.29 is 12.8 Å². The van der Waals surface area contributed by atoms with Crippen LogP contribution in [0.25, 0.3) is 0 Å². The van der Waals surface area contributed by atoms with E-state index in [9.17, 15) is 12.8 Å². The molecule has 1 aromatic carbocycles. The van der Waals surface area contributed by atoms with E-state index in [0.29, 0.717) is 12.4 Å². The number of nitrogens with zero attached hydrogens (tertiary/aromatic N) is 3. The molecule has 8 heteroatoms. The fraction of sp³-hybridized carbons (Fsp3) is 0.231. The molecule has 0 atom stereocenters. The summed E-state index contributed by atoms with van der Waals surface area (Å²) < 4.78 is 41.8. The highest BCUT2D eigenvalue weighted by Crippen LogP contribution is 2.21. The normalized spacial score (nSPS) is 11.1. The molecule has 0 aliphatic rings. The Morgan fingerprint density at radius 2 is 2.19 bits per heavy atom. The van der Waals surface area contributed by atoms with E-state index in [4.69, 9.17) is 5.26 Å². The van der Waals surface area contributed by atoms with Crippen LogP contribution in [0.15, 0.2) is 29.4 Å². The van der Waals surface area contributed by atoms with E-state index < -0.39 is 15.8 Å². The summed E-state index contributed by atoms with van der Waals surface area (Å²) in [6, 6.07) is 5.37. The molecular weight excluding hydrogens is 295 g/mol. The number of imidazole rings is 1. The predicted molar refractivity (Wildman–Crippen MR) is 74.6 cm³/mol. The molecule has 1 heterocycles. The lowest BCUT2D eigenvalue weighted by molar-refractivity contribution is 0.597. The first-order chi connectivity index (χ1) is 9.89. The van der Waals surface area contributed by atoms with Gasteiger partial charge in [-0.25, -0.2) is 9.37 Å². The van der Waals surface area contributed by atoms with Crippen molar-refractivity contribution in [2.75, 3.05) is 4.72 Å². The molecule has 0 unspecified atom stereocenters. The molecule has 2 aromatic rings. The second-order valence-electron chi connectivity index (χ2n) is 4.29. The van der Waals surface area contributed by atoms with E-state index >= 15 is 0 Å². The van der Waals surface area contributed by atoms with Crippen LogP contribution < -0.4 is 4.72 Å². The minimum absolute atomic E-state index is 0.110. The van der Waals surface area contributed by atoms with Crippen molar-refractivity contribution in [1.29, 1.82) is 5.26 Å². The summed E-state index contributed by atoms with van der Waals surface area (Å²) in [5.41, 5.74) is -0.464. The van der Waals surface area contributed by atoms with Gasteiger partial charge in [-0.3, -0.25) is 4.72 Å². The Bertz CT molecular complexity index is 821. The van der Waals surface area contributed by atoms with Gasteiger partial charge in [0.25, 0.3) is 10.0 Å². The van der Waals surface area contributed by atoms with Crippen LogP contribution in [0.2, 0.25) is 0 Å². The first-order valence-electron chi connectivity index (χ1n) is 6.14. The number of hydrogen-bond acceptors (Lipinski definition) is 4. The highest BCUT2D eigenvalue weighted by Gasteiger charge is 2.21. The number of hydrogen-bond donors (Lipinski definition) is 1. The molecule has 1 aromatic heterocycles. The lowest BCUT2D eigenvalue weighted by Crippen LogP contribution is -2.14. The molecule has 21 heavy (non-hydrogen) atoms. The molecule has 0 saturated carbocycles. The van der Waals surface area contributed by atoms with Gasteiger partial charge in [0.05, 0.1) is 5.69 Å². The molecule has 0 amide bonds. The van der Waals surface area contributed by atoms with Crippen molar-refractivity contribution in [2.45, 2.75) is 25.4 Å². The molecule has 0 aliphatic heterocycles. The van der Waals surface area contributed by atoms with Gasteiger partial charge >= 0.3 is 0 Å². The van der Waals surface area contributed by atoms with Gasteiger partial charge < -0.3 is 4.57 Å². The summed E-state index contributed by atoms with van der Waals surface area (Å²) in [5, 5.41) is 8.74. The number of anilines is 1. The van der Waals surface area contributed by atoms with Crippen LogP contribution >= 0.6 is 0 Å². The predicted octanol–water partition coefficient (Wildman–Crippen LogP) is 2.02. The Hall–Kier alpha value is -2.40. The van der Waals surface area contributed by atoms with Crippen molar-refractivity contribution in [2.24, 2.45) is 0 Å². The molecule has 0 fully saturated rings. The fourth-order valence-electron chi connectivity index (χ4n) is 1.85. The summed E-state index contributed by atoms with van der Waals surface area (Å²) in [5.74, 6) is -0.231. The van der Waals surface area contributed by atoms with Gasteiger partial charge in [0, 0.05) is 12.7 Å². The van der Waals surface area contributed by atoms with Crippen molar-refractivity contribution in [3.63, 3.8) is 0 Å². The maximum Gasteiger partial charge on any atom is 0.280 e. The van der Waals surface area contributed by atoms with Crippen molar-refractivity contribution in [3.05, 3.63) is 41.6 Å². The van der Waals surface area contributed by atoms with Crippen molar-refractivity contribution >= 4 is 15.7 Å². The molecule has 6 nitrogen and oxygen atoms in total. The standard InChI is InChI=1S/C13H13FN4O2S/c1-3-18-8-13(16-9(18)2)21(19,20)17-12-6-4-5-11(14)10(12)7-15/h4-6,8,17H,3H2,1-2H3. The SMILES string of the molecule is CCn1cc(S(=O)(=O)Nc2cccc(F)c2C#N)nc1C. The molecule has 0 bridgehead atoms. The number of nitriles is 1. The van der Waals surface area contributed by atoms with E-state index in [1.165, 1.54) is 18.3 Å². The minimum atomic E-state index is -3.97. The van der Waals surface area contributed by atoms with Gasteiger partial charge in [0.15, 0.2) is 5.03 Å². The lowest BCUT2D eigenvalue weighted by Gasteiger charge is -2.07. The number of halogens is 1. The van der Waals surface area contributed by atoms with Crippen LogP contribution in [0.3, 0.4) is 0 Å². The summed E-state index contributed by atoms with van der Waals surface area (Å²) in [6.45, 7) is 4.13. The Morgan fingerprint density at radius 1 is 1.48 bits per heavy atom. The molecular formula is C13H13FN4O2S. The second-order valence-corrected chi connectivity index (χ2v) is 5.92. The third kappa shape index (κ3) is 2.87. The monoisotopic (exact) mass is 308 g/mol. The van der Waals surface area contributed by atoms with Crippen LogP contribution in [-0.2, 0) is 16.6 Å². The van der Waals surface area contributed by atoms with Crippen LogP contribution in [0.5, 0.6) is 0 Å². The third-order valence-corrected chi connectivity index (χ3v) is 4.18. The number of aromatic nitrogens is 2. The Morgan fingerprint density at radius 3 is 2.76 bits per heavy atom. The maximum absolute atomic E-state index is 13.5. The molecule has 0 saturated heterocycles. The molecule has 0 radical (unpaired) electrons. The zero-order valence-corrected chi connectivity index (χ0v) is 12.3. The van der Waals surface area contributed by atoms with E-state index in [0.717, 1.165) is 6.07 Å². The zero-order valence-electron chi connectivity index (χ0n) is 11.5. The molecule has 1 N–H and O–H groups in total. The van der Waals surface area contributed by atoms with Crippen LogP contribution in [-0.4, -0.2) is 18.0 Å². The summed E-state index contributed by atoms with van der Waals surface area (Å²) in [6.07, 6.45) is 1.39.